The van der Waals surface area contributed by atoms with Crippen molar-refractivity contribution in [2.24, 2.45) is 5.73 Å². The molecule has 0 aromatic heterocycles. The maximum Gasteiger partial charge on any atom is 0.324 e. The molecule has 0 aliphatic rings. The standard InChI is InChI=1S/C9H10FN3O6S/c10-5-2-1-3-7(8(5)13(16)17)20(18,19)12-4-6(14)9(11)15/h1-3,6,12,14H,4H2,(H2,11,15). The normalized spacial score (nSPS) is 12.9. The van der Waals surface area contributed by atoms with E-state index in [0.717, 1.165) is 18.2 Å². The van der Waals surface area contributed by atoms with Crippen molar-refractivity contribution in [2.75, 3.05) is 6.54 Å². The zero-order valence-electron chi connectivity index (χ0n) is 9.82. The molecule has 1 aromatic carbocycles. The van der Waals surface area contributed by atoms with Gasteiger partial charge in [-0.2, -0.15) is 4.39 Å². The fraction of sp³-hybridized carbons (Fsp3) is 0.222. The Hall–Kier alpha value is -2.11. The van der Waals surface area contributed by atoms with E-state index in [2.05, 4.69) is 0 Å². The predicted molar refractivity (Wildman–Crippen MR) is 63.4 cm³/mol. The van der Waals surface area contributed by atoms with Gasteiger partial charge in [0.15, 0.2) is 4.90 Å². The number of aliphatic hydroxyl groups excluding tert-OH is 1. The Labute approximate surface area is 112 Å². The van der Waals surface area contributed by atoms with Crippen LogP contribution in [0.4, 0.5) is 10.1 Å². The molecule has 0 saturated heterocycles. The van der Waals surface area contributed by atoms with E-state index in [9.17, 15) is 27.7 Å². The fourth-order valence-corrected chi connectivity index (χ4v) is 2.47. The van der Waals surface area contributed by atoms with Gasteiger partial charge in [-0.1, -0.05) is 6.07 Å². The number of sulfonamides is 1. The highest BCUT2D eigenvalue weighted by Crippen LogP contribution is 2.26. The summed E-state index contributed by atoms with van der Waals surface area (Å²) in [6.45, 7) is -0.786. The summed E-state index contributed by atoms with van der Waals surface area (Å²) in [5.41, 5.74) is 3.49. The van der Waals surface area contributed by atoms with Crippen molar-refractivity contribution in [3.05, 3.63) is 34.1 Å². The number of nitrogens with two attached hydrogens (primary N) is 1. The second-order valence-electron chi connectivity index (χ2n) is 3.61. The Morgan fingerprint density at radius 1 is 1.55 bits per heavy atom. The SMILES string of the molecule is NC(=O)C(O)CNS(=O)(=O)c1cccc(F)c1[N+](=O)[O-]. The highest BCUT2D eigenvalue weighted by Gasteiger charge is 2.29. The van der Waals surface area contributed by atoms with Crippen LogP contribution in [0.15, 0.2) is 23.1 Å². The van der Waals surface area contributed by atoms with Crippen LogP contribution < -0.4 is 10.5 Å². The minimum atomic E-state index is -4.49. The average molecular weight is 307 g/mol. The summed E-state index contributed by atoms with van der Waals surface area (Å²) in [6, 6.07) is 2.52. The minimum Gasteiger partial charge on any atom is -0.382 e. The number of halogens is 1. The monoisotopic (exact) mass is 307 g/mol. The maximum absolute atomic E-state index is 13.3. The fourth-order valence-electron chi connectivity index (χ4n) is 1.26. The van der Waals surface area contributed by atoms with Crippen molar-refractivity contribution < 1.29 is 27.6 Å². The number of para-hydroxylation sites is 1. The van der Waals surface area contributed by atoms with Crippen molar-refractivity contribution in [2.45, 2.75) is 11.0 Å². The van der Waals surface area contributed by atoms with Gasteiger partial charge in [-0.15, -0.1) is 0 Å². The van der Waals surface area contributed by atoms with Crippen LogP contribution in [0.3, 0.4) is 0 Å². The van der Waals surface area contributed by atoms with Crippen LogP contribution in [0, 0.1) is 15.9 Å². The molecule has 1 rings (SSSR count). The Kier molecular flexibility index (Phi) is 4.70. The van der Waals surface area contributed by atoms with Gasteiger partial charge in [-0.25, -0.2) is 13.1 Å². The summed E-state index contributed by atoms with van der Waals surface area (Å²) in [6.07, 6.45) is -1.81. The molecule has 9 nitrogen and oxygen atoms in total. The lowest BCUT2D eigenvalue weighted by Crippen LogP contribution is -2.40. The van der Waals surface area contributed by atoms with Crippen LogP contribution in [-0.4, -0.2) is 37.0 Å². The van der Waals surface area contributed by atoms with E-state index in [1.54, 1.807) is 4.72 Å². The van der Waals surface area contributed by atoms with Crippen molar-refractivity contribution in [1.29, 1.82) is 0 Å². The Morgan fingerprint density at radius 2 is 2.15 bits per heavy atom. The molecule has 0 bridgehead atoms. The number of benzene rings is 1. The van der Waals surface area contributed by atoms with E-state index >= 15 is 0 Å². The van der Waals surface area contributed by atoms with Gasteiger partial charge in [0.2, 0.25) is 21.7 Å². The number of primary amides is 1. The lowest BCUT2D eigenvalue weighted by atomic mass is 10.3. The van der Waals surface area contributed by atoms with Gasteiger partial charge >= 0.3 is 5.69 Å². The number of amides is 1. The van der Waals surface area contributed by atoms with Gasteiger partial charge in [-0.05, 0) is 12.1 Å². The van der Waals surface area contributed by atoms with Gasteiger partial charge in [0.1, 0.15) is 6.10 Å². The van der Waals surface area contributed by atoms with Gasteiger partial charge in [0.05, 0.1) is 4.92 Å². The Bertz CT molecular complexity index is 647. The summed E-state index contributed by atoms with van der Waals surface area (Å²) in [7, 11) is -4.49. The van der Waals surface area contributed by atoms with E-state index < -0.39 is 49.9 Å². The van der Waals surface area contributed by atoms with Crippen molar-refractivity contribution in [3.8, 4) is 0 Å². The molecule has 0 saturated carbocycles. The highest BCUT2D eigenvalue weighted by molar-refractivity contribution is 7.89. The maximum atomic E-state index is 13.3. The molecule has 1 amide bonds. The number of nitro groups is 1. The van der Waals surface area contributed by atoms with Crippen LogP contribution in [0.25, 0.3) is 0 Å². The number of carbonyl (C=O) groups is 1. The number of nitro benzene ring substituents is 1. The molecule has 20 heavy (non-hydrogen) atoms. The number of nitrogens with one attached hydrogen (secondary N) is 1. The first-order valence-electron chi connectivity index (χ1n) is 5.06. The molecule has 1 atom stereocenters. The Balaban J connectivity index is 3.14. The smallest absolute Gasteiger partial charge is 0.324 e. The van der Waals surface area contributed by atoms with Crippen molar-refractivity contribution >= 4 is 21.6 Å². The summed E-state index contributed by atoms with van der Waals surface area (Å²) in [5.74, 6) is -2.50. The third-order valence-corrected chi connectivity index (χ3v) is 3.67. The second-order valence-corrected chi connectivity index (χ2v) is 5.35. The van der Waals surface area contributed by atoms with E-state index in [1.807, 2.05) is 0 Å². The largest absolute Gasteiger partial charge is 0.382 e. The van der Waals surface area contributed by atoms with Crippen LogP contribution in [0.1, 0.15) is 0 Å². The lowest BCUT2D eigenvalue weighted by molar-refractivity contribution is -0.390. The van der Waals surface area contributed by atoms with Gasteiger partial charge in [0.25, 0.3) is 0 Å². The number of aliphatic hydroxyl groups is 1. The Morgan fingerprint density at radius 3 is 2.65 bits per heavy atom. The quantitative estimate of drug-likeness (QED) is 0.446. The van der Waals surface area contributed by atoms with Crippen LogP contribution >= 0.6 is 0 Å². The molecule has 1 aromatic rings. The first-order chi connectivity index (χ1) is 9.16. The minimum absolute atomic E-state index is 0.732. The van der Waals surface area contributed by atoms with E-state index in [4.69, 9.17) is 10.8 Å². The summed E-state index contributed by atoms with van der Waals surface area (Å²) in [4.78, 5) is 19.1. The number of hydrogen-bond acceptors (Lipinski definition) is 6. The lowest BCUT2D eigenvalue weighted by Gasteiger charge is -2.09. The molecule has 0 spiro atoms. The second kappa shape index (κ2) is 5.90. The third kappa shape index (κ3) is 3.46. The van der Waals surface area contributed by atoms with Crippen LogP contribution in [0.5, 0.6) is 0 Å². The predicted octanol–water partition coefficient (Wildman–Crippen LogP) is -1.14. The first kappa shape index (κ1) is 15.9. The molecule has 1 unspecified atom stereocenters. The van der Waals surface area contributed by atoms with Crippen molar-refractivity contribution in [3.63, 3.8) is 0 Å². The topological polar surface area (TPSA) is 153 Å². The number of rotatable bonds is 6. The molecule has 110 valence electrons. The molecule has 0 radical (unpaired) electrons. The number of nitrogens with zero attached hydrogens (tertiary/aromatic N) is 1. The summed E-state index contributed by atoms with van der Waals surface area (Å²) in [5, 5.41) is 19.7. The molecular formula is C9H10FN3O6S. The van der Waals surface area contributed by atoms with E-state index in [-0.39, 0.29) is 0 Å². The highest BCUT2D eigenvalue weighted by atomic mass is 32.2. The zero-order chi connectivity index (χ0) is 15.5. The third-order valence-electron chi connectivity index (χ3n) is 2.22. The first-order valence-corrected chi connectivity index (χ1v) is 6.55. The summed E-state index contributed by atoms with van der Waals surface area (Å²) >= 11 is 0. The molecule has 4 N–H and O–H groups in total. The van der Waals surface area contributed by atoms with Gasteiger partial charge < -0.3 is 10.8 Å². The molecule has 0 fully saturated rings. The zero-order valence-corrected chi connectivity index (χ0v) is 10.6. The molecule has 0 aliphatic heterocycles. The summed E-state index contributed by atoms with van der Waals surface area (Å²) < 4.78 is 38.6. The van der Waals surface area contributed by atoms with E-state index in [0.29, 0.717) is 0 Å². The molecular weight excluding hydrogens is 297 g/mol. The van der Waals surface area contributed by atoms with Gasteiger partial charge in [0, 0.05) is 6.54 Å². The van der Waals surface area contributed by atoms with Gasteiger partial charge in [-0.3, -0.25) is 14.9 Å². The average Bonchev–Trinajstić information content (AvgIpc) is 2.35. The van der Waals surface area contributed by atoms with Crippen LogP contribution in [0.2, 0.25) is 0 Å². The van der Waals surface area contributed by atoms with E-state index in [1.165, 1.54) is 0 Å². The van der Waals surface area contributed by atoms with Crippen molar-refractivity contribution in [1.82, 2.24) is 4.72 Å². The molecule has 0 aliphatic carbocycles. The number of carbonyl (C=O) groups excluding carboxylic acids is 1. The van der Waals surface area contributed by atoms with Crippen LogP contribution in [-0.2, 0) is 14.8 Å². The number of hydrogen-bond donors (Lipinski definition) is 3. The molecule has 11 heteroatoms. The molecule has 0 heterocycles.